The first kappa shape index (κ1) is 20.7. The Morgan fingerprint density at radius 3 is 2.34 bits per heavy atom. The molecule has 1 N–H and O–H groups in total. The van der Waals surface area contributed by atoms with Gasteiger partial charge in [0.2, 0.25) is 11.8 Å². The molecule has 0 radical (unpaired) electrons. The Bertz CT molecular complexity index is 1080. The summed E-state index contributed by atoms with van der Waals surface area (Å²) in [6, 6.07) is 9.35. The highest BCUT2D eigenvalue weighted by molar-refractivity contribution is 6.08. The number of rotatable bonds is 4. The normalized spacial score (nSPS) is 23.4. The Hall–Kier alpha value is -3.22. The number of aromatic nitrogens is 1. The number of anilines is 1. The largest absolute Gasteiger partial charge is 0.353 e. The zero-order valence-corrected chi connectivity index (χ0v) is 18.6. The Balaban J connectivity index is 1.23. The van der Waals surface area contributed by atoms with Crippen molar-refractivity contribution in [2.45, 2.75) is 44.4 Å². The second-order valence-electron chi connectivity index (χ2n) is 9.43. The minimum Gasteiger partial charge on any atom is -0.353 e. The van der Waals surface area contributed by atoms with Gasteiger partial charge in [-0.15, -0.1) is 0 Å². The predicted molar refractivity (Wildman–Crippen MR) is 121 cm³/mol. The van der Waals surface area contributed by atoms with Crippen LogP contribution in [0.4, 0.5) is 5.82 Å². The Morgan fingerprint density at radius 2 is 1.78 bits per heavy atom. The third-order valence-electron chi connectivity index (χ3n) is 7.02. The van der Waals surface area contributed by atoms with Gasteiger partial charge < -0.3 is 9.80 Å². The van der Waals surface area contributed by atoms with Gasteiger partial charge in [0.1, 0.15) is 5.82 Å². The maximum atomic E-state index is 13.0. The minimum absolute atomic E-state index is 0.0120. The van der Waals surface area contributed by atoms with Crippen LogP contribution in [0.3, 0.4) is 0 Å². The van der Waals surface area contributed by atoms with Crippen LogP contribution in [-0.4, -0.2) is 53.8 Å². The van der Waals surface area contributed by atoms with E-state index in [-0.39, 0.29) is 24.1 Å². The standard InChI is InChI=1S/C25H28N4O3/c1-16-13-19(17-3-4-17)15-26-22(16)28-9-11-29(12-10-28)23(31)18-5-7-20(8-6-18)25(2)14-21(30)27-24(25)32/h5-8,13,15,17H,3-4,9-12,14H2,1-2H3,(H,27,30,32). The Kier molecular flexibility index (Phi) is 4.99. The number of hydrogen-bond acceptors (Lipinski definition) is 5. The number of nitrogens with zero attached hydrogens (tertiary/aromatic N) is 3. The van der Waals surface area contributed by atoms with Crippen molar-refractivity contribution >= 4 is 23.5 Å². The van der Waals surface area contributed by atoms with Gasteiger partial charge >= 0.3 is 0 Å². The quantitative estimate of drug-likeness (QED) is 0.751. The van der Waals surface area contributed by atoms with E-state index in [1.165, 1.54) is 24.0 Å². The fourth-order valence-electron chi connectivity index (χ4n) is 4.79. The van der Waals surface area contributed by atoms with E-state index < -0.39 is 5.41 Å². The molecule has 2 aromatic rings. The van der Waals surface area contributed by atoms with Crippen LogP contribution in [0.1, 0.15) is 59.2 Å². The van der Waals surface area contributed by atoms with Crippen molar-refractivity contribution in [3.63, 3.8) is 0 Å². The van der Waals surface area contributed by atoms with Gasteiger partial charge in [-0.2, -0.15) is 0 Å². The van der Waals surface area contributed by atoms with Gasteiger partial charge in [0.25, 0.3) is 5.91 Å². The van der Waals surface area contributed by atoms with E-state index in [1.54, 1.807) is 31.2 Å². The number of amides is 3. The number of benzene rings is 1. The molecule has 1 aromatic heterocycles. The third kappa shape index (κ3) is 3.66. The van der Waals surface area contributed by atoms with Crippen LogP contribution in [0.2, 0.25) is 0 Å². The van der Waals surface area contributed by atoms with E-state index >= 15 is 0 Å². The highest BCUT2D eigenvalue weighted by atomic mass is 16.2. The second-order valence-corrected chi connectivity index (χ2v) is 9.43. The molecule has 1 aromatic carbocycles. The number of piperazine rings is 1. The molecule has 32 heavy (non-hydrogen) atoms. The first-order valence-electron chi connectivity index (χ1n) is 11.3. The molecule has 1 saturated carbocycles. The molecule has 2 saturated heterocycles. The summed E-state index contributed by atoms with van der Waals surface area (Å²) < 4.78 is 0. The number of nitrogens with one attached hydrogen (secondary N) is 1. The minimum atomic E-state index is -0.871. The molecule has 3 amide bonds. The molecule has 1 atom stereocenters. The van der Waals surface area contributed by atoms with Gasteiger partial charge in [0, 0.05) is 44.4 Å². The van der Waals surface area contributed by atoms with E-state index in [2.05, 4.69) is 23.2 Å². The van der Waals surface area contributed by atoms with Crippen LogP contribution >= 0.6 is 0 Å². The molecular weight excluding hydrogens is 404 g/mol. The molecule has 1 unspecified atom stereocenters. The molecule has 166 valence electrons. The summed E-state index contributed by atoms with van der Waals surface area (Å²) in [4.78, 5) is 45.7. The molecule has 1 aliphatic carbocycles. The van der Waals surface area contributed by atoms with Crippen LogP contribution in [0.15, 0.2) is 36.5 Å². The highest BCUT2D eigenvalue weighted by Gasteiger charge is 2.44. The molecule has 0 spiro atoms. The van der Waals surface area contributed by atoms with Gasteiger partial charge in [-0.25, -0.2) is 4.98 Å². The van der Waals surface area contributed by atoms with Crippen molar-refractivity contribution in [1.29, 1.82) is 0 Å². The van der Waals surface area contributed by atoms with Gasteiger partial charge in [-0.1, -0.05) is 18.2 Å². The third-order valence-corrected chi connectivity index (χ3v) is 7.02. The van der Waals surface area contributed by atoms with Crippen molar-refractivity contribution in [3.8, 4) is 0 Å². The van der Waals surface area contributed by atoms with Crippen LogP contribution in [-0.2, 0) is 15.0 Å². The zero-order valence-electron chi connectivity index (χ0n) is 18.6. The first-order valence-corrected chi connectivity index (χ1v) is 11.3. The first-order chi connectivity index (χ1) is 15.3. The number of carbonyl (C=O) groups is 3. The molecule has 7 heteroatoms. The van der Waals surface area contributed by atoms with Crippen molar-refractivity contribution in [3.05, 3.63) is 58.8 Å². The highest BCUT2D eigenvalue weighted by Crippen LogP contribution is 2.40. The molecule has 0 bridgehead atoms. The summed E-state index contributed by atoms with van der Waals surface area (Å²) in [5, 5.41) is 2.37. The summed E-state index contributed by atoms with van der Waals surface area (Å²) in [6.07, 6.45) is 4.69. The lowest BCUT2D eigenvalue weighted by atomic mass is 9.80. The number of aryl methyl sites for hydroxylation is 1. The van der Waals surface area contributed by atoms with E-state index in [4.69, 9.17) is 4.98 Å². The number of hydrogen-bond donors (Lipinski definition) is 1. The molecule has 2 aliphatic heterocycles. The fourth-order valence-corrected chi connectivity index (χ4v) is 4.79. The Labute approximate surface area is 187 Å². The van der Waals surface area contributed by atoms with E-state index in [9.17, 15) is 14.4 Å². The maximum absolute atomic E-state index is 13.0. The summed E-state index contributed by atoms with van der Waals surface area (Å²) in [5.41, 5.74) is 3.02. The average molecular weight is 433 g/mol. The van der Waals surface area contributed by atoms with Gasteiger partial charge in [0.15, 0.2) is 0 Å². The van der Waals surface area contributed by atoms with Gasteiger partial charge in [-0.05, 0) is 61.4 Å². The molecule has 3 heterocycles. The molecular formula is C25H28N4O3. The van der Waals surface area contributed by atoms with Crippen LogP contribution in [0, 0.1) is 6.92 Å². The van der Waals surface area contributed by atoms with E-state index in [0.717, 1.165) is 24.5 Å². The number of carbonyl (C=O) groups excluding carboxylic acids is 3. The fraction of sp³-hybridized carbons (Fsp3) is 0.440. The lowest BCUT2D eigenvalue weighted by Gasteiger charge is -2.36. The van der Waals surface area contributed by atoms with Crippen molar-refractivity contribution in [2.24, 2.45) is 0 Å². The summed E-state index contributed by atoms with van der Waals surface area (Å²) >= 11 is 0. The number of pyridine rings is 1. The second kappa shape index (κ2) is 7.73. The van der Waals surface area contributed by atoms with Gasteiger partial charge in [0.05, 0.1) is 5.41 Å². The topological polar surface area (TPSA) is 82.6 Å². The molecule has 3 aliphatic rings. The predicted octanol–water partition coefficient (Wildman–Crippen LogP) is 2.53. The van der Waals surface area contributed by atoms with Crippen LogP contribution < -0.4 is 10.2 Å². The average Bonchev–Trinajstić information content (AvgIpc) is 3.60. The number of imide groups is 1. The Morgan fingerprint density at radius 1 is 1.09 bits per heavy atom. The molecule has 7 nitrogen and oxygen atoms in total. The lowest BCUT2D eigenvalue weighted by Crippen LogP contribution is -2.49. The van der Waals surface area contributed by atoms with Crippen LogP contribution in [0.25, 0.3) is 0 Å². The summed E-state index contributed by atoms with van der Waals surface area (Å²) in [5.74, 6) is 1.15. The monoisotopic (exact) mass is 432 g/mol. The molecule has 3 fully saturated rings. The van der Waals surface area contributed by atoms with E-state index in [0.29, 0.717) is 24.6 Å². The van der Waals surface area contributed by atoms with Crippen molar-refractivity contribution < 1.29 is 14.4 Å². The van der Waals surface area contributed by atoms with E-state index in [1.807, 2.05) is 11.1 Å². The zero-order chi connectivity index (χ0) is 22.5. The summed E-state index contributed by atoms with van der Waals surface area (Å²) in [7, 11) is 0. The van der Waals surface area contributed by atoms with Crippen molar-refractivity contribution in [2.75, 3.05) is 31.1 Å². The van der Waals surface area contributed by atoms with Crippen molar-refractivity contribution in [1.82, 2.24) is 15.2 Å². The maximum Gasteiger partial charge on any atom is 0.253 e. The molecule has 5 rings (SSSR count). The lowest BCUT2D eigenvalue weighted by molar-refractivity contribution is -0.126. The van der Waals surface area contributed by atoms with Gasteiger partial charge in [-0.3, -0.25) is 19.7 Å². The smallest absolute Gasteiger partial charge is 0.253 e. The van der Waals surface area contributed by atoms with Crippen LogP contribution in [0.5, 0.6) is 0 Å². The SMILES string of the molecule is Cc1cc(C2CC2)cnc1N1CCN(C(=O)c2ccc(C3(C)CC(=O)NC3=O)cc2)CC1. The summed E-state index contributed by atoms with van der Waals surface area (Å²) in [6.45, 7) is 6.66.